The van der Waals surface area contributed by atoms with E-state index in [0.29, 0.717) is 42.5 Å². The van der Waals surface area contributed by atoms with Gasteiger partial charge in [0.25, 0.3) is 5.91 Å². The summed E-state index contributed by atoms with van der Waals surface area (Å²) in [5, 5.41) is 4.87. The molecule has 0 aliphatic heterocycles. The maximum absolute atomic E-state index is 13.5. The van der Waals surface area contributed by atoms with Crippen molar-refractivity contribution >= 4 is 5.91 Å². The molecular formula is C29H30FN3O3. The molecule has 0 N–H and O–H groups in total. The van der Waals surface area contributed by atoms with Gasteiger partial charge in [-0.3, -0.25) is 4.79 Å². The number of methoxy groups -OCH3 is 1. The van der Waals surface area contributed by atoms with Gasteiger partial charge < -0.3 is 14.4 Å². The first-order chi connectivity index (χ1) is 17.5. The van der Waals surface area contributed by atoms with Gasteiger partial charge in [-0.15, -0.1) is 0 Å². The molecule has 0 fully saturated rings. The third-order valence-corrected chi connectivity index (χ3v) is 5.85. The maximum Gasteiger partial charge on any atom is 0.254 e. The average Bonchev–Trinajstić information content (AvgIpc) is 3.26. The Balaban J connectivity index is 1.80. The second-order valence-corrected chi connectivity index (χ2v) is 8.32. The van der Waals surface area contributed by atoms with E-state index in [2.05, 4.69) is 0 Å². The molecule has 36 heavy (non-hydrogen) atoms. The predicted molar refractivity (Wildman–Crippen MR) is 137 cm³/mol. The Labute approximate surface area is 210 Å². The quantitative estimate of drug-likeness (QED) is 0.259. The molecule has 0 bridgehead atoms. The molecule has 1 heterocycles. The van der Waals surface area contributed by atoms with Crippen LogP contribution in [0.5, 0.6) is 17.4 Å². The van der Waals surface area contributed by atoms with Crippen molar-refractivity contribution in [2.24, 2.45) is 0 Å². The number of halogens is 1. The lowest BCUT2D eigenvalue weighted by atomic mass is 10.1. The van der Waals surface area contributed by atoms with Crippen LogP contribution in [0.15, 0.2) is 78.9 Å². The Bertz CT molecular complexity index is 1300. The molecule has 0 saturated carbocycles. The Morgan fingerprint density at radius 1 is 0.944 bits per heavy atom. The third-order valence-electron chi connectivity index (χ3n) is 5.85. The highest BCUT2D eigenvalue weighted by Gasteiger charge is 2.25. The van der Waals surface area contributed by atoms with E-state index in [1.54, 1.807) is 16.7 Å². The first-order valence-corrected chi connectivity index (χ1v) is 12.1. The van der Waals surface area contributed by atoms with Gasteiger partial charge in [0.1, 0.15) is 5.82 Å². The summed E-state index contributed by atoms with van der Waals surface area (Å²) in [4.78, 5) is 15.2. The SMILES string of the molecule is CCCN(Cc1c(CC)nn(-c2ccccc2)c1Oc1ccccc1OC)C(=O)c1ccc(F)cc1. The molecule has 0 atom stereocenters. The second kappa shape index (κ2) is 11.5. The summed E-state index contributed by atoms with van der Waals surface area (Å²) in [5.74, 6) is 1.12. The number of rotatable bonds is 10. The molecule has 0 radical (unpaired) electrons. The zero-order valence-electron chi connectivity index (χ0n) is 20.8. The van der Waals surface area contributed by atoms with E-state index in [4.69, 9.17) is 14.6 Å². The largest absolute Gasteiger partial charge is 0.493 e. The zero-order chi connectivity index (χ0) is 25.5. The lowest BCUT2D eigenvalue weighted by Gasteiger charge is -2.23. The molecule has 7 heteroatoms. The van der Waals surface area contributed by atoms with Gasteiger partial charge in [0.2, 0.25) is 5.88 Å². The predicted octanol–water partition coefficient (Wildman–Crippen LogP) is 6.43. The smallest absolute Gasteiger partial charge is 0.254 e. The molecule has 0 spiro atoms. The molecule has 0 aliphatic carbocycles. The van der Waals surface area contributed by atoms with Crippen LogP contribution in [0.2, 0.25) is 0 Å². The Hall–Kier alpha value is -4.13. The van der Waals surface area contributed by atoms with Crippen LogP contribution in [0.3, 0.4) is 0 Å². The standard InChI is InChI=1S/C29H30FN3O3/c1-4-19-32(28(34)21-15-17-22(30)18-16-21)20-24-25(5-2)31-33(23-11-7-6-8-12-23)29(24)36-27-14-10-9-13-26(27)35-3/h6-18H,4-5,19-20H2,1-3H3. The number of hydrogen-bond donors (Lipinski definition) is 0. The van der Waals surface area contributed by atoms with E-state index in [1.807, 2.05) is 68.4 Å². The molecule has 0 unspecified atom stereocenters. The van der Waals surface area contributed by atoms with Crippen LogP contribution in [0, 0.1) is 5.82 Å². The van der Waals surface area contributed by atoms with Gasteiger partial charge in [0.15, 0.2) is 11.5 Å². The minimum atomic E-state index is -0.376. The van der Waals surface area contributed by atoms with E-state index in [0.717, 1.165) is 23.4 Å². The number of benzene rings is 3. The first kappa shape index (κ1) is 25.0. The topological polar surface area (TPSA) is 56.6 Å². The number of para-hydroxylation sites is 3. The highest BCUT2D eigenvalue weighted by Crippen LogP contribution is 2.36. The summed E-state index contributed by atoms with van der Waals surface area (Å²) in [6.07, 6.45) is 1.42. The molecule has 1 amide bonds. The van der Waals surface area contributed by atoms with E-state index < -0.39 is 0 Å². The number of aromatic nitrogens is 2. The van der Waals surface area contributed by atoms with Crippen LogP contribution in [0.25, 0.3) is 5.69 Å². The van der Waals surface area contributed by atoms with E-state index >= 15 is 0 Å². The number of aryl methyl sites for hydroxylation is 1. The molecule has 0 aliphatic rings. The number of nitrogens with zero attached hydrogens (tertiary/aromatic N) is 3. The molecule has 4 rings (SSSR count). The van der Waals surface area contributed by atoms with Gasteiger partial charge in [-0.05, 0) is 61.4 Å². The van der Waals surface area contributed by atoms with Crippen molar-refractivity contribution in [2.75, 3.05) is 13.7 Å². The van der Waals surface area contributed by atoms with Crippen molar-refractivity contribution in [1.82, 2.24) is 14.7 Å². The summed E-state index contributed by atoms with van der Waals surface area (Å²) in [6, 6.07) is 22.8. The van der Waals surface area contributed by atoms with Gasteiger partial charge in [-0.25, -0.2) is 9.07 Å². The number of carbonyl (C=O) groups excluding carboxylic acids is 1. The summed E-state index contributed by atoms with van der Waals surface area (Å²) in [7, 11) is 1.60. The van der Waals surface area contributed by atoms with Gasteiger partial charge in [-0.2, -0.15) is 5.10 Å². The normalized spacial score (nSPS) is 10.8. The van der Waals surface area contributed by atoms with Crippen LogP contribution in [-0.4, -0.2) is 34.2 Å². The van der Waals surface area contributed by atoms with Crippen LogP contribution in [0.1, 0.15) is 41.9 Å². The number of amides is 1. The van der Waals surface area contributed by atoms with Crippen LogP contribution in [0.4, 0.5) is 4.39 Å². The molecule has 0 saturated heterocycles. The van der Waals surface area contributed by atoms with E-state index in [9.17, 15) is 9.18 Å². The second-order valence-electron chi connectivity index (χ2n) is 8.32. The third kappa shape index (κ3) is 5.40. The monoisotopic (exact) mass is 487 g/mol. The molecule has 3 aromatic carbocycles. The fraction of sp³-hybridized carbons (Fsp3) is 0.241. The summed E-state index contributed by atoms with van der Waals surface area (Å²) in [6.45, 7) is 4.87. The van der Waals surface area contributed by atoms with Crippen LogP contribution < -0.4 is 9.47 Å². The Morgan fingerprint density at radius 3 is 2.25 bits per heavy atom. The number of ether oxygens (including phenoxy) is 2. The summed E-state index contributed by atoms with van der Waals surface area (Å²) < 4.78 is 27.2. The summed E-state index contributed by atoms with van der Waals surface area (Å²) >= 11 is 0. The van der Waals surface area contributed by atoms with Gasteiger partial charge >= 0.3 is 0 Å². The van der Waals surface area contributed by atoms with Crippen molar-refractivity contribution in [3.63, 3.8) is 0 Å². The van der Waals surface area contributed by atoms with E-state index in [-0.39, 0.29) is 11.7 Å². The van der Waals surface area contributed by atoms with Crippen LogP contribution in [-0.2, 0) is 13.0 Å². The fourth-order valence-corrected chi connectivity index (χ4v) is 4.07. The Kier molecular flexibility index (Phi) is 8.00. The van der Waals surface area contributed by atoms with Crippen LogP contribution >= 0.6 is 0 Å². The minimum Gasteiger partial charge on any atom is -0.493 e. The zero-order valence-corrected chi connectivity index (χ0v) is 20.8. The first-order valence-electron chi connectivity index (χ1n) is 12.1. The molecule has 4 aromatic rings. The lowest BCUT2D eigenvalue weighted by Crippen LogP contribution is -2.31. The highest BCUT2D eigenvalue weighted by molar-refractivity contribution is 5.94. The van der Waals surface area contributed by atoms with Crippen molar-refractivity contribution < 1.29 is 18.7 Å². The number of hydrogen-bond acceptors (Lipinski definition) is 4. The highest BCUT2D eigenvalue weighted by atomic mass is 19.1. The van der Waals surface area contributed by atoms with Crippen molar-refractivity contribution in [2.45, 2.75) is 33.2 Å². The van der Waals surface area contributed by atoms with Crippen molar-refractivity contribution in [3.8, 4) is 23.1 Å². The molecule has 6 nitrogen and oxygen atoms in total. The van der Waals surface area contributed by atoms with Gasteiger partial charge in [0.05, 0.1) is 30.6 Å². The van der Waals surface area contributed by atoms with Crippen molar-refractivity contribution in [3.05, 3.63) is 102 Å². The molecule has 1 aromatic heterocycles. The average molecular weight is 488 g/mol. The summed E-state index contributed by atoms with van der Waals surface area (Å²) in [5.41, 5.74) is 2.92. The molecular weight excluding hydrogens is 457 g/mol. The number of carbonyl (C=O) groups is 1. The lowest BCUT2D eigenvalue weighted by molar-refractivity contribution is 0.0742. The van der Waals surface area contributed by atoms with E-state index in [1.165, 1.54) is 24.3 Å². The Morgan fingerprint density at radius 2 is 1.61 bits per heavy atom. The fourth-order valence-electron chi connectivity index (χ4n) is 4.07. The minimum absolute atomic E-state index is 0.172. The van der Waals surface area contributed by atoms with Gasteiger partial charge in [-0.1, -0.05) is 44.2 Å². The van der Waals surface area contributed by atoms with Crippen molar-refractivity contribution in [1.29, 1.82) is 0 Å². The maximum atomic E-state index is 13.5. The van der Waals surface area contributed by atoms with Gasteiger partial charge in [0, 0.05) is 12.1 Å². The molecule has 186 valence electrons.